The van der Waals surface area contributed by atoms with E-state index in [9.17, 15) is 18.3 Å². The van der Waals surface area contributed by atoms with Gasteiger partial charge in [0, 0.05) is 31.8 Å². The molecule has 0 aromatic carbocycles. The Bertz CT molecular complexity index is 1100. The molecular formula is C27H52N4O12P4+2. The van der Waals surface area contributed by atoms with Gasteiger partial charge in [0.05, 0.1) is 82.1 Å². The zero-order chi connectivity index (χ0) is 34.1. The van der Waals surface area contributed by atoms with Crippen LogP contribution in [0.2, 0.25) is 0 Å². The lowest BCUT2D eigenvalue weighted by Gasteiger charge is -2.42. The highest BCUT2D eigenvalue weighted by Crippen LogP contribution is 2.56. The molecule has 4 saturated heterocycles. The van der Waals surface area contributed by atoms with Gasteiger partial charge in [0.25, 0.3) is 7.52 Å². The predicted octanol–water partition coefficient (Wildman–Crippen LogP) is 3.82. The van der Waals surface area contributed by atoms with Gasteiger partial charge >= 0.3 is 25.0 Å². The Kier molecular flexibility index (Phi) is 16.1. The van der Waals surface area contributed by atoms with Crippen molar-refractivity contribution >= 4 is 32.6 Å². The van der Waals surface area contributed by atoms with Crippen molar-refractivity contribution in [2.45, 2.75) is 96.0 Å². The van der Waals surface area contributed by atoms with Crippen molar-refractivity contribution in [1.29, 1.82) is 0 Å². The maximum Gasteiger partial charge on any atom is 0.616 e. The molecule has 16 nitrogen and oxygen atoms in total. The standard InChI is InChI=1S/C27H52N4O12P4/c1-19(2)47(35,31-11-23(6)43-27(14-31)15-36-44-32)39-18-26-13-30(10-22(5)42-26)46(34)38-17-25-12-29(9-21(4)41-25)45(33)37-16-24-8-28-7-20(3)40-24/h19-28H,7-18H2,1-6H3/q+2/t20-,21-,22-,23-,24-,25-,26-,27-,47?/m0/s1. The normalized spacial score (nSPS) is 35.6. The zero-order valence-electron chi connectivity index (χ0n) is 28.2. The van der Waals surface area contributed by atoms with Gasteiger partial charge in [-0.15, -0.1) is 9.05 Å². The third-order valence-corrected chi connectivity index (χ3v) is 13.7. The van der Waals surface area contributed by atoms with Gasteiger partial charge in [-0.25, -0.2) is 9.24 Å². The molecule has 0 bridgehead atoms. The fourth-order valence-corrected chi connectivity index (χ4v) is 11.0. The van der Waals surface area contributed by atoms with E-state index < -0.39 is 50.9 Å². The van der Waals surface area contributed by atoms with E-state index in [1.54, 1.807) is 9.34 Å². The lowest BCUT2D eigenvalue weighted by atomic mass is 10.2. The molecule has 0 aromatic heterocycles. The van der Waals surface area contributed by atoms with E-state index in [1.807, 2.05) is 46.2 Å². The molecule has 0 saturated carbocycles. The van der Waals surface area contributed by atoms with Crippen LogP contribution in [-0.4, -0.2) is 147 Å². The molecule has 0 spiro atoms. The number of ether oxygens (including phenoxy) is 4. The zero-order valence-corrected chi connectivity index (χ0v) is 31.8. The molecule has 1 N–H and O–H groups in total. The summed E-state index contributed by atoms with van der Waals surface area (Å²) in [6.07, 6.45) is -2.10. The first kappa shape index (κ1) is 39.8. The largest absolute Gasteiger partial charge is 0.616 e. The van der Waals surface area contributed by atoms with Crippen LogP contribution in [0, 0.1) is 0 Å². The summed E-state index contributed by atoms with van der Waals surface area (Å²) in [5.41, 5.74) is -0.302. The first-order valence-electron chi connectivity index (χ1n) is 16.3. The highest BCUT2D eigenvalue weighted by atomic mass is 31.2. The molecule has 4 rings (SSSR count). The van der Waals surface area contributed by atoms with Gasteiger partial charge in [0.15, 0.2) is 0 Å². The highest BCUT2D eigenvalue weighted by Gasteiger charge is 2.45. The molecule has 4 aliphatic heterocycles. The van der Waals surface area contributed by atoms with E-state index >= 15 is 0 Å². The second-order valence-electron chi connectivity index (χ2n) is 12.9. The van der Waals surface area contributed by atoms with Crippen molar-refractivity contribution in [2.75, 3.05) is 78.8 Å². The van der Waals surface area contributed by atoms with Gasteiger partial charge in [0.1, 0.15) is 19.3 Å². The smallest absolute Gasteiger partial charge is 0.370 e. The monoisotopic (exact) mass is 748 g/mol. The predicted molar refractivity (Wildman–Crippen MR) is 174 cm³/mol. The number of nitrogens with zero attached hydrogens (tertiary/aromatic N) is 3. The van der Waals surface area contributed by atoms with Crippen molar-refractivity contribution < 1.29 is 55.3 Å². The molecule has 270 valence electrons. The number of morpholine rings is 4. The molecule has 11 atom stereocenters. The minimum atomic E-state index is -3.32. The Morgan fingerprint density at radius 2 is 1.23 bits per heavy atom. The van der Waals surface area contributed by atoms with E-state index in [2.05, 4.69) is 5.32 Å². The molecule has 0 amide bonds. The van der Waals surface area contributed by atoms with Crippen LogP contribution in [-0.2, 0) is 55.3 Å². The SMILES string of the molecule is CC(C)P(=O)(OC[C@@H]1CN([P+](=O)OC[C@@H]2CN([P+](=O)OC[C@@H]3CNC[C@H](C)O3)C[C@H](C)O2)C[C@H](C)O1)N1C[C@@H](COP=O)O[C@@H](C)C1. The van der Waals surface area contributed by atoms with Crippen molar-refractivity contribution in [3.05, 3.63) is 0 Å². The Morgan fingerprint density at radius 3 is 1.79 bits per heavy atom. The lowest BCUT2D eigenvalue weighted by Crippen LogP contribution is -2.48. The average Bonchev–Trinajstić information content (AvgIpc) is 3.03. The van der Waals surface area contributed by atoms with Crippen molar-refractivity contribution in [3.8, 4) is 0 Å². The third kappa shape index (κ3) is 12.1. The van der Waals surface area contributed by atoms with Crippen LogP contribution in [0.1, 0.15) is 41.5 Å². The first-order chi connectivity index (χ1) is 22.4. The van der Waals surface area contributed by atoms with E-state index in [1.165, 1.54) is 0 Å². The molecule has 4 aliphatic rings. The number of hydrogen-bond donors (Lipinski definition) is 1. The molecule has 3 unspecified atom stereocenters. The van der Waals surface area contributed by atoms with Crippen LogP contribution < -0.4 is 5.32 Å². The number of nitrogens with one attached hydrogen (secondary N) is 1. The van der Waals surface area contributed by atoms with Crippen LogP contribution in [0.15, 0.2) is 0 Å². The Hall–Kier alpha value is 0.0500. The van der Waals surface area contributed by atoms with E-state index in [0.717, 1.165) is 6.54 Å². The van der Waals surface area contributed by atoms with E-state index in [4.69, 9.17) is 37.0 Å². The van der Waals surface area contributed by atoms with Gasteiger partial charge < -0.3 is 28.8 Å². The summed E-state index contributed by atoms with van der Waals surface area (Å²) in [4.78, 5) is 0. The Balaban J connectivity index is 1.26. The molecule has 20 heteroatoms. The van der Waals surface area contributed by atoms with Crippen LogP contribution in [0.3, 0.4) is 0 Å². The second-order valence-corrected chi connectivity index (χ2v) is 18.9. The second kappa shape index (κ2) is 19.0. The fraction of sp³-hybridized carbons (Fsp3) is 1.00. The van der Waals surface area contributed by atoms with Crippen LogP contribution in [0.5, 0.6) is 0 Å². The molecule has 4 fully saturated rings. The van der Waals surface area contributed by atoms with Gasteiger partial charge in [-0.3, -0.25) is 9.09 Å². The topological polar surface area (TPSA) is 164 Å². The quantitative estimate of drug-likeness (QED) is 0.227. The maximum atomic E-state index is 14.2. The summed E-state index contributed by atoms with van der Waals surface area (Å²) in [6, 6.07) is 0. The van der Waals surface area contributed by atoms with Crippen LogP contribution >= 0.6 is 32.6 Å². The summed E-state index contributed by atoms with van der Waals surface area (Å²) in [5.74, 6) is 0. The number of hydrogen-bond acceptors (Lipinski definition) is 13. The fourth-order valence-electron chi connectivity index (χ4n) is 6.12. The van der Waals surface area contributed by atoms with Gasteiger partial charge in [-0.1, -0.05) is 23.2 Å². The molecule has 0 radical (unpaired) electrons. The Morgan fingerprint density at radius 1 is 0.723 bits per heavy atom. The summed E-state index contributed by atoms with van der Waals surface area (Å²) in [6.45, 7) is 15.3. The minimum absolute atomic E-state index is 0.0394. The van der Waals surface area contributed by atoms with Gasteiger partial charge in [-0.05, 0) is 36.8 Å². The highest BCUT2D eigenvalue weighted by molar-refractivity contribution is 7.57. The first-order valence-corrected chi connectivity index (χ1v) is 21.0. The van der Waals surface area contributed by atoms with Crippen molar-refractivity contribution in [2.24, 2.45) is 0 Å². The summed E-state index contributed by atoms with van der Waals surface area (Å²) in [5, 5.41) is 3.27. The van der Waals surface area contributed by atoms with E-state index in [-0.39, 0.29) is 69.2 Å². The molecule has 0 aliphatic carbocycles. The van der Waals surface area contributed by atoms with Gasteiger partial charge in [-0.2, -0.15) is 0 Å². The molecular weight excluding hydrogens is 696 g/mol. The van der Waals surface area contributed by atoms with Gasteiger partial charge in [0.2, 0.25) is 0 Å². The van der Waals surface area contributed by atoms with E-state index in [0.29, 0.717) is 39.3 Å². The van der Waals surface area contributed by atoms with Crippen LogP contribution in [0.4, 0.5) is 0 Å². The minimum Gasteiger partial charge on any atom is -0.370 e. The summed E-state index contributed by atoms with van der Waals surface area (Å²) >= 11 is 0. The number of rotatable bonds is 16. The summed E-state index contributed by atoms with van der Waals surface area (Å²) < 4.78 is 103. The third-order valence-electron chi connectivity index (χ3n) is 8.16. The maximum absolute atomic E-state index is 14.2. The lowest BCUT2D eigenvalue weighted by molar-refractivity contribution is -0.0859. The molecule has 0 aromatic rings. The Labute approximate surface area is 281 Å². The van der Waals surface area contributed by atoms with Crippen LogP contribution in [0.25, 0.3) is 0 Å². The van der Waals surface area contributed by atoms with Crippen molar-refractivity contribution in [3.63, 3.8) is 0 Å². The molecule has 47 heavy (non-hydrogen) atoms. The summed E-state index contributed by atoms with van der Waals surface area (Å²) in [7, 11) is -8.09. The average molecular weight is 749 g/mol. The van der Waals surface area contributed by atoms with Crippen molar-refractivity contribution in [1.82, 2.24) is 19.3 Å². The molecule has 4 heterocycles.